The molecule has 2 nitrogen and oxygen atoms in total. The van der Waals surface area contributed by atoms with Crippen LogP contribution in [0.4, 0.5) is 0 Å². The molecule has 0 unspecified atom stereocenters. The van der Waals surface area contributed by atoms with Crippen LogP contribution >= 0.6 is 35.0 Å². The van der Waals surface area contributed by atoms with Crippen LogP contribution in [0.1, 0.15) is 31.3 Å². The van der Waals surface area contributed by atoms with Crippen molar-refractivity contribution in [2.24, 2.45) is 0 Å². The molecule has 0 aliphatic heterocycles. The van der Waals surface area contributed by atoms with Gasteiger partial charge in [0.2, 0.25) is 0 Å². The highest BCUT2D eigenvalue weighted by molar-refractivity contribution is 7.99. The number of aromatic nitrogens is 2. The number of hydrogen-bond donors (Lipinski definition) is 1. The molecule has 1 N–H and O–H groups in total. The van der Waals surface area contributed by atoms with E-state index in [0.29, 0.717) is 16.0 Å². The van der Waals surface area contributed by atoms with Gasteiger partial charge in [0.05, 0.1) is 5.69 Å². The third kappa shape index (κ3) is 3.22. The lowest BCUT2D eigenvalue weighted by Gasteiger charge is -2.06. The van der Waals surface area contributed by atoms with Crippen molar-refractivity contribution in [3.05, 3.63) is 39.8 Å². The maximum absolute atomic E-state index is 6.00. The minimum absolute atomic E-state index is 0.382. The van der Waals surface area contributed by atoms with E-state index in [2.05, 4.69) is 23.8 Å². The van der Waals surface area contributed by atoms with Crippen LogP contribution in [0.5, 0.6) is 0 Å². The van der Waals surface area contributed by atoms with E-state index >= 15 is 0 Å². The quantitative estimate of drug-likeness (QED) is 0.833. The molecule has 2 rings (SSSR count). The van der Waals surface area contributed by atoms with E-state index in [-0.39, 0.29) is 0 Å². The highest BCUT2D eigenvalue weighted by Gasteiger charge is 2.13. The zero-order valence-electron chi connectivity index (χ0n) is 10.4. The van der Waals surface area contributed by atoms with Gasteiger partial charge in [0.15, 0.2) is 0 Å². The van der Waals surface area contributed by atoms with Crippen LogP contribution in [0.15, 0.2) is 28.1 Å². The Hall–Kier alpha value is -0.640. The summed E-state index contributed by atoms with van der Waals surface area (Å²) >= 11 is 13.6. The van der Waals surface area contributed by atoms with Gasteiger partial charge in [0.25, 0.3) is 0 Å². The number of benzene rings is 1. The van der Waals surface area contributed by atoms with Gasteiger partial charge in [-0.3, -0.25) is 0 Å². The van der Waals surface area contributed by atoms with Crippen molar-refractivity contribution in [1.29, 1.82) is 0 Å². The van der Waals surface area contributed by atoms with Crippen LogP contribution in [0.25, 0.3) is 0 Å². The van der Waals surface area contributed by atoms with E-state index in [9.17, 15) is 0 Å². The number of rotatable bonds is 3. The van der Waals surface area contributed by atoms with Crippen LogP contribution < -0.4 is 0 Å². The van der Waals surface area contributed by atoms with E-state index in [1.165, 1.54) is 0 Å². The molecule has 1 aromatic carbocycles. The third-order valence-electron chi connectivity index (χ3n) is 2.42. The zero-order chi connectivity index (χ0) is 13.3. The SMILES string of the molecule is Cc1nc(C(C)C)c(Sc2cc(Cl)cc(Cl)c2)[nH]1. The average molecular weight is 301 g/mol. The molecule has 0 aliphatic rings. The number of nitrogens with one attached hydrogen (secondary N) is 1. The molecule has 18 heavy (non-hydrogen) atoms. The van der Waals surface area contributed by atoms with Crippen LogP contribution in [-0.4, -0.2) is 9.97 Å². The first-order chi connectivity index (χ1) is 8.45. The molecular weight excluding hydrogens is 287 g/mol. The van der Waals surface area contributed by atoms with Crippen LogP contribution in [-0.2, 0) is 0 Å². The summed E-state index contributed by atoms with van der Waals surface area (Å²) in [7, 11) is 0. The second kappa shape index (κ2) is 5.55. The summed E-state index contributed by atoms with van der Waals surface area (Å²) in [5, 5.41) is 2.35. The van der Waals surface area contributed by atoms with Gasteiger partial charge in [-0.2, -0.15) is 0 Å². The van der Waals surface area contributed by atoms with Gasteiger partial charge in [0.1, 0.15) is 10.9 Å². The molecule has 96 valence electrons. The Morgan fingerprint density at radius 3 is 2.33 bits per heavy atom. The second-order valence-corrected chi connectivity index (χ2v) is 6.36. The first-order valence-electron chi connectivity index (χ1n) is 5.66. The largest absolute Gasteiger partial charge is 0.337 e. The van der Waals surface area contributed by atoms with E-state index in [1.807, 2.05) is 19.1 Å². The number of nitrogens with zero attached hydrogens (tertiary/aromatic N) is 1. The first kappa shape index (κ1) is 13.8. The molecule has 1 aromatic heterocycles. The Labute approximate surface area is 121 Å². The molecular formula is C13H14Cl2N2S. The molecule has 0 radical (unpaired) electrons. The summed E-state index contributed by atoms with van der Waals surface area (Å²) < 4.78 is 0. The molecule has 0 fully saturated rings. The molecule has 0 aliphatic carbocycles. The van der Waals surface area contributed by atoms with Crippen molar-refractivity contribution < 1.29 is 0 Å². The highest BCUT2D eigenvalue weighted by atomic mass is 35.5. The van der Waals surface area contributed by atoms with Crippen molar-refractivity contribution in [2.45, 2.75) is 36.6 Å². The number of H-pyrrole nitrogens is 1. The zero-order valence-corrected chi connectivity index (χ0v) is 12.7. The molecule has 0 atom stereocenters. The highest BCUT2D eigenvalue weighted by Crippen LogP contribution is 2.34. The summed E-state index contributed by atoms with van der Waals surface area (Å²) in [5.74, 6) is 1.31. The monoisotopic (exact) mass is 300 g/mol. The number of halogens is 2. The number of aryl methyl sites for hydroxylation is 1. The Bertz CT molecular complexity index is 544. The lowest BCUT2D eigenvalue weighted by atomic mass is 10.2. The van der Waals surface area contributed by atoms with Crippen LogP contribution in [0, 0.1) is 6.92 Å². The smallest absolute Gasteiger partial charge is 0.104 e. The Morgan fingerprint density at radius 2 is 1.78 bits per heavy atom. The lowest BCUT2D eigenvalue weighted by molar-refractivity contribution is 0.804. The normalized spacial score (nSPS) is 11.2. The Balaban J connectivity index is 2.33. The molecule has 0 amide bonds. The number of aromatic amines is 1. The Morgan fingerprint density at radius 1 is 1.17 bits per heavy atom. The molecule has 1 heterocycles. The van der Waals surface area contributed by atoms with Gasteiger partial charge < -0.3 is 4.98 Å². The Kier molecular flexibility index (Phi) is 4.25. The van der Waals surface area contributed by atoms with Crippen molar-refractivity contribution in [1.82, 2.24) is 9.97 Å². The summed E-state index contributed by atoms with van der Waals surface area (Å²) in [6, 6.07) is 5.53. The standard InChI is InChI=1S/C13H14Cl2N2S/c1-7(2)12-13(17-8(3)16-12)18-11-5-9(14)4-10(15)6-11/h4-7H,1-3H3,(H,16,17). The van der Waals surface area contributed by atoms with Crippen LogP contribution in [0.3, 0.4) is 0 Å². The molecule has 5 heteroatoms. The number of hydrogen-bond acceptors (Lipinski definition) is 2. The topological polar surface area (TPSA) is 28.7 Å². The summed E-state index contributed by atoms with van der Waals surface area (Å²) in [6.07, 6.45) is 0. The van der Waals surface area contributed by atoms with Gasteiger partial charge in [-0.1, -0.05) is 48.8 Å². The maximum Gasteiger partial charge on any atom is 0.104 e. The fourth-order valence-corrected chi connectivity index (χ4v) is 3.51. The fraction of sp³-hybridized carbons (Fsp3) is 0.308. The van der Waals surface area contributed by atoms with Crippen LogP contribution in [0.2, 0.25) is 10.0 Å². The summed E-state index contributed by atoms with van der Waals surface area (Å²) in [5.41, 5.74) is 1.08. The van der Waals surface area contributed by atoms with Crippen molar-refractivity contribution in [3.8, 4) is 0 Å². The van der Waals surface area contributed by atoms with Gasteiger partial charge in [-0.05, 0) is 31.0 Å². The minimum Gasteiger partial charge on any atom is -0.337 e. The molecule has 0 spiro atoms. The predicted octanol–water partition coefficient (Wildman–Crippen LogP) is 5.30. The van der Waals surface area contributed by atoms with Gasteiger partial charge in [-0.15, -0.1) is 0 Å². The van der Waals surface area contributed by atoms with Crippen molar-refractivity contribution >= 4 is 35.0 Å². The van der Waals surface area contributed by atoms with E-state index in [4.69, 9.17) is 23.2 Å². The van der Waals surface area contributed by atoms with E-state index < -0.39 is 0 Å². The molecule has 0 bridgehead atoms. The predicted molar refractivity (Wildman–Crippen MR) is 78.0 cm³/mol. The first-order valence-corrected chi connectivity index (χ1v) is 7.23. The van der Waals surface area contributed by atoms with Crippen molar-refractivity contribution in [2.75, 3.05) is 0 Å². The molecule has 2 aromatic rings. The maximum atomic E-state index is 6.00. The third-order valence-corrected chi connectivity index (χ3v) is 3.84. The molecule has 0 saturated heterocycles. The lowest BCUT2D eigenvalue weighted by Crippen LogP contribution is -1.90. The summed E-state index contributed by atoms with van der Waals surface area (Å²) in [6.45, 7) is 6.22. The van der Waals surface area contributed by atoms with E-state index in [0.717, 1.165) is 21.4 Å². The molecule has 0 saturated carbocycles. The van der Waals surface area contributed by atoms with Gasteiger partial charge in [0, 0.05) is 14.9 Å². The van der Waals surface area contributed by atoms with Gasteiger partial charge >= 0.3 is 0 Å². The van der Waals surface area contributed by atoms with E-state index in [1.54, 1.807) is 17.8 Å². The fourth-order valence-electron chi connectivity index (χ4n) is 1.66. The number of imidazole rings is 1. The van der Waals surface area contributed by atoms with Gasteiger partial charge in [-0.25, -0.2) is 4.98 Å². The summed E-state index contributed by atoms with van der Waals surface area (Å²) in [4.78, 5) is 8.80. The second-order valence-electron chi connectivity index (χ2n) is 4.40. The minimum atomic E-state index is 0.382. The average Bonchev–Trinajstić information content (AvgIpc) is 2.57. The van der Waals surface area contributed by atoms with Crippen molar-refractivity contribution in [3.63, 3.8) is 0 Å².